The molecule has 3 aromatic heterocycles. The second-order valence-electron chi connectivity index (χ2n) is 22.8. The molecule has 2 aromatic carbocycles. The molecule has 76 heavy (non-hydrogen) atoms. The van der Waals surface area contributed by atoms with E-state index in [1.54, 1.807) is 29.5 Å². The van der Waals surface area contributed by atoms with Gasteiger partial charge >= 0.3 is 0 Å². The molecule has 18 nitrogen and oxygen atoms in total. The standard InChI is InChI=1S/C57H74N10O8S/c1-34(2)52(56(71)67-31-41(68)27-48(67)55(70)60-35(3)38-9-11-39(12-10-38)53-36(4)59-33-76-53)50-29-51(63-75-50)74-43-23-37(24-43)30-64-17-13-42(14-18-64)73-44-25-40(26-44)66-21-22-72-57(32-66)15-19-65(20-16-57)47-28-46(61-62-54(47)58)45-7-5-6-8-49(45)69/h5-12,28-29,33-35,37,40-44,48,52,68-69H,13-27,30-32H2,1-4H3,(H2,58,62)(H,60,70)/t35-,37?,40?,41+,43?,44?,48-,52+/m0/s1. The monoisotopic (exact) mass is 1060 g/mol. The van der Waals surface area contributed by atoms with Gasteiger partial charge in [-0.3, -0.25) is 14.5 Å². The molecule has 6 aliphatic rings. The Balaban J connectivity index is 0.586. The fourth-order valence-electron chi connectivity index (χ4n) is 12.6. The number of phenols is 1. The molecule has 4 saturated heterocycles. The van der Waals surface area contributed by atoms with Crippen LogP contribution >= 0.6 is 11.3 Å². The average Bonchev–Trinajstić information content (AvgIpc) is 4.15. The third-order valence-electron chi connectivity index (χ3n) is 17.2. The van der Waals surface area contributed by atoms with E-state index in [0.717, 1.165) is 131 Å². The third-order valence-corrected chi connectivity index (χ3v) is 18.1. The highest BCUT2D eigenvalue weighted by atomic mass is 32.1. The Hall–Kier alpha value is -5.70. The lowest BCUT2D eigenvalue weighted by Crippen LogP contribution is -2.61. The summed E-state index contributed by atoms with van der Waals surface area (Å²) in [5.74, 6) is 0.451. The van der Waals surface area contributed by atoms with Crippen LogP contribution in [0, 0.1) is 18.8 Å². The fourth-order valence-corrected chi connectivity index (χ4v) is 13.4. The molecule has 406 valence electrons. The molecule has 19 heteroatoms. The Morgan fingerprint density at radius 3 is 2.42 bits per heavy atom. The summed E-state index contributed by atoms with van der Waals surface area (Å²) in [5.41, 5.74) is 13.1. The third kappa shape index (κ3) is 11.3. The van der Waals surface area contributed by atoms with Crippen molar-refractivity contribution in [3.8, 4) is 33.3 Å². The highest BCUT2D eigenvalue weighted by Crippen LogP contribution is 2.41. The van der Waals surface area contributed by atoms with Crippen molar-refractivity contribution in [2.24, 2.45) is 11.8 Å². The van der Waals surface area contributed by atoms with Crippen molar-refractivity contribution in [2.45, 2.75) is 140 Å². The summed E-state index contributed by atoms with van der Waals surface area (Å²) in [6.45, 7) is 15.3. The molecule has 6 fully saturated rings. The van der Waals surface area contributed by atoms with Gasteiger partial charge in [0, 0.05) is 76.5 Å². The van der Waals surface area contributed by atoms with E-state index in [1.165, 1.54) is 4.90 Å². The number of anilines is 2. The van der Waals surface area contributed by atoms with Gasteiger partial charge in [0.25, 0.3) is 5.88 Å². The molecule has 0 radical (unpaired) electrons. The van der Waals surface area contributed by atoms with Crippen LogP contribution in [0.3, 0.4) is 0 Å². The maximum atomic E-state index is 14.3. The molecule has 2 aliphatic carbocycles. The number of aryl methyl sites for hydroxylation is 1. The number of ether oxygens (including phenoxy) is 3. The smallest absolute Gasteiger partial charge is 0.254 e. The predicted octanol–water partition coefficient (Wildman–Crippen LogP) is 6.97. The van der Waals surface area contributed by atoms with E-state index >= 15 is 0 Å². The minimum absolute atomic E-state index is 0.0316. The number of aromatic nitrogens is 4. The van der Waals surface area contributed by atoms with Gasteiger partial charge in [-0.05, 0) is 112 Å². The number of aliphatic hydroxyl groups is 1. The van der Waals surface area contributed by atoms with E-state index in [0.29, 0.717) is 52.9 Å². The number of rotatable bonds is 16. The average molecular weight is 1060 g/mol. The summed E-state index contributed by atoms with van der Waals surface area (Å²) in [6.07, 6.45) is 7.96. The van der Waals surface area contributed by atoms with Gasteiger partial charge in [0.1, 0.15) is 23.8 Å². The number of aromatic hydroxyl groups is 1. The number of hydrogen-bond donors (Lipinski definition) is 4. The first-order valence-electron chi connectivity index (χ1n) is 27.6. The van der Waals surface area contributed by atoms with Gasteiger partial charge in [0.2, 0.25) is 11.8 Å². The minimum atomic E-state index is -0.815. The van der Waals surface area contributed by atoms with Crippen LogP contribution in [0.2, 0.25) is 0 Å². The number of para-hydroxylation sites is 1. The zero-order chi connectivity index (χ0) is 52.7. The Morgan fingerprint density at radius 2 is 1.70 bits per heavy atom. The first-order chi connectivity index (χ1) is 36.7. The summed E-state index contributed by atoms with van der Waals surface area (Å²) < 4.78 is 25.3. The van der Waals surface area contributed by atoms with Crippen LogP contribution in [0.5, 0.6) is 11.6 Å². The number of nitrogens with one attached hydrogen (secondary N) is 1. The van der Waals surface area contributed by atoms with Crippen LogP contribution in [-0.4, -0.2) is 158 Å². The van der Waals surface area contributed by atoms with Gasteiger partial charge in [-0.15, -0.1) is 21.5 Å². The molecule has 5 N–H and O–H groups in total. The maximum absolute atomic E-state index is 14.3. The molecule has 2 amide bonds. The van der Waals surface area contributed by atoms with Crippen molar-refractivity contribution in [2.75, 3.05) is 69.6 Å². The zero-order valence-electron chi connectivity index (χ0n) is 44.3. The van der Waals surface area contributed by atoms with Gasteiger partial charge in [-0.2, -0.15) is 0 Å². The number of carbonyl (C=O) groups excluding carboxylic acids is 2. The Morgan fingerprint density at radius 1 is 0.934 bits per heavy atom. The Bertz CT molecular complexity index is 2800. The molecule has 2 saturated carbocycles. The molecule has 4 aliphatic heterocycles. The van der Waals surface area contributed by atoms with E-state index in [-0.39, 0.29) is 54.2 Å². The molecule has 0 unspecified atom stereocenters. The number of nitrogen functional groups attached to an aromatic ring is 1. The molecule has 1 spiro atoms. The van der Waals surface area contributed by atoms with E-state index in [9.17, 15) is 19.8 Å². The number of nitrogens with two attached hydrogens (primary N) is 1. The number of piperidine rings is 2. The van der Waals surface area contributed by atoms with Crippen LogP contribution in [0.1, 0.15) is 108 Å². The van der Waals surface area contributed by atoms with Crippen molar-refractivity contribution in [3.05, 3.63) is 83.2 Å². The van der Waals surface area contributed by atoms with Crippen LogP contribution < -0.4 is 20.7 Å². The number of phenolic OH excluding ortho intramolecular Hbond substituents is 1. The second-order valence-corrected chi connectivity index (χ2v) is 23.6. The first kappa shape index (κ1) is 52.4. The fraction of sp³-hybridized carbons (Fsp3) is 0.579. The van der Waals surface area contributed by atoms with Gasteiger partial charge in [0.05, 0.1) is 64.0 Å². The SMILES string of the molecule is Cc1ncsc1-c1ccc([C@H](C)NC(=O)[C@@H]2C[C@@H](O)CN2C(=O)[C@@H](c2cc(OC3CC(CN4CCC(OC5CC(N6CCOC7(CCN(c8cc(-c9ccccc9O)nnc8N)CC7)C6)C5)CC4)C3)no2)C(C)C)cc1. The van der Waals surface area contributed by atoms with Gasteiger partial charge in [0.15, 0.2) is 11.6 Å². The number of benzene rings is 2. The highest BCUT2D eigenvalue weighted by Gasteiger charge is 2.46. The van der Waals surface area contributed by atoms with Crippen molar-refractivity contribution in [1.29, 1.82) is 0 Å². The lowest BCUT2D eigenvalue weighted by atomic mass is 9.81. The second kappa shape index (κ2) is 22.3. The van der Waals surface area contributed by atoms with Gasteiger partial charge < -0.3 is 54.7 Å². The van der Waals surface area contributed by atoms with Crippen LogP contribution in [0.25, 0.3) is 21.7 Å². The number of thiazole rings is 1. The van der Waals surface area contributed by atoms with Crippen LogP contribution in [0.4, 0.5) is 11.5 Å². The molecule has 7 heterocycles. The van der Waals surface area contributed by atoms with E-state index in [1.807, 2.05) is 75.7 Å². The molecule has 11 rings (SSSR count). The topological polar surface area (TPSA) is 218 Å². The number of carbonyl (C=O) groups is 2. The quantitative estimate of drug-likeness (QED) is 0.0784. The predicted molar refractivity (Wildman–Crippen MR) is 289 cm³/mol. The number of hydrogen-bond acceptors (Lipinski definition) is 17. The zero-order valence-corrected chi connectivity index (χ0v) is 45.1. The maximum Gasteiger partial charge on any atom is 0.254 e. The first-order valence-corrected chi connectivity index (χ1v) is 28.5. The molecule has 4 atom stereocenters. The molecular weight excluding hydrogens is 985 g/mol. The molecule has 5 aromatic rings. The van der Waals surface area contributed by atoms with Crippen molar-refractivity contribution in [3.63, 3.8) is 0 Å². The minimum Gasteiger partial charge on any atom is -0.507 e. The van der Waals surface area contributed by atoms with E-state index in [2.05, 4.69) is 40.4 Å². The number of nitrogens with zero attached hydrogens (tertiary/aromatic N) is 8. The summed E-state index contributed by atoms with van der Waals surface area (Å²) in [6, 6.07) is 18.3. The number of likely N-dealkylation sites (tertiary alicyclic amines) is 2. The van der Waals surface area contributed by atoms with E-state index < -0.39 is 18.1 Å². The Labute approximate surface area is 449 Å². The molecular formula is C57H74N10O8S. The van der Waals surface area contributed by atoms with Gasteiger partial charge in [-0.25, -0.2) is 4.98 Å². The summed E-state index contributed by atoms with van der Waals surface area (Å²) in [5, 5.41) is 37.0. The summed E-state index contributed by atoms with van der Waals surface area (Å²) in [4.78, 5) is 42.5. The van der Waals surface area contributed by atoms with Gasteiger partial charge in [-0.1, -0.05) is 50.2 Å². The van der Waals surface area contributed by atoms with Crippen LogP contribution in [-0.2, 0) is 19.1 Å². The lowest BCUT2D eigenvalue weighted by Gasteiger charge is -2.52. The van der Waals surface area contributed by atoms with Crippen LogP contribution in [0.15, 0.2) is 70.7 Å². The summed E-state index contributed by atoms with van der Waals surface area (Å²) in [7, 11) is 0. The molecule has 0 bridgehead atoms. The van der Waals surface area contributed by atoms with Crippen molar-refractivity contribution in [1.82, 2.24) is 40.4 Å². The highest BCUT2D eigenvalue weighted by molar-refractivity contribution is 7.13. The van der Waals surface area contributed by atoms with Crippen molar-refractivity contribution >= 4 is 34.7 Å². The number of β-amino-alcohol motifs (C(OH)–C–C–N with tert-alkyl or cyclic N) is 1. The number of aliphatic hydroxyl groups excluding tert-OH is 1. The number of amides is 2. The lowest BCUT2D eigenvalue weighted by molar-refractivity contribution is -0.159. The Kier molecular flexibility index (Phi) is 15.4. The largest absolute Gasteiger partial charge is 0.507 e. The van der Waals surface area contributed by atoms with E-state index in [4.69, 9.17) is 24.5 Å². The summed E-state index contributed by atoms with van der Waals surface area (Å²) >= 11 is 1.60. The van der Waals surface area contributed by atoms with Crippen molar-refractivity contribution < 1.29 is 38.5 Å². The normalized spacial score (nSPS) is 26.0. The number of morpholine rings is 1.